The maximum absolute atomic E-state index is 5.65. The molecule has 3 N–H and O–H groups in total. The highest BCUT2D eigenvalue weighted by molar-refractivity contribution is 9.10. The molecular weight excluding hydrogens is 308 g/mol. The summed E-state index contributed by atoms with van der Waals surface area (Å²) >= 11 is 3.64. The van der Waals surface area contributed by atoms with Crippen molar-refractivity contribution in [2.24, 2.45) is 12.9 Å². The Bertz CT molecular complexity index is 394. The number of aryl methyl sites for hydroxylation is 2. The van der Waals surface area contributed by atoms with Crippen molar-refractivity contribution in [2.45, 2.75) is 51.7 Å². The summed E-state index contributed by atoms with van der Waals surface area (Å²) in [5.41, 5.74) is 5.18. The van der Waals surface area contributed by atoms with Gasteiger partial charge in [-0.3, -0.25) is 16.0 Å². The van der Waals surface area contributed by atoms with Crippen LogP contribution in [0.5, 0.6) is 0 Å². The highest BCUT2D eigenvalue weighted by Gasteiger charge is 2.17. The second-order valence-corrected chi connectivity index (χ2v) is 5.67. The van der Waals surface area contributed by atoms with E-state index in [-0.39, 0.29) is 12.1 Å². The van der Waals surface area contributed by atoms with Crippen LogP contribution in [0.2, 0.25) is 0 Å². The molecule has 0 aliphatic rings. The van der Waals surface area contributed by atoms with Crippen LogP contribution in [0.15, 0.2) is 4.47 Å². The number of hydrazine groups is 1. The molecule has 0 radical (unpaired) electrons. The average Bonchev–Trinajstić information content (AvgIpc) is 2.69. The molecular formula is C13H25BrN4O. The number of nitrogens with one attached hydrogen (secondary N) is 1. The Balaban J connectivity index is 2.67. The zero-order valence-electron chi connectivity index (χ0n) is 12.2. The Hall–Kier alpha value is -0.430. The van der Waals surface area contributed by atoms with E-state index in [4.69, 9.17) is 10.6 Å². The summed E-state index contributed by atoms with van der Waals surface area (Å²) in [4.78, 5) is 0. The molecule has 110 valence electrons. The largest absolute Gasteiger partial charge is 0.382 e. The highest BCUT2D eigenvalue weighted by Crippen LogP contribution is 2.23. The number of nitrogens with two attached hydrogens (primary N) is 1. The van der Waals surface area contributed by atoms with Gasteiger partial charge < -0.3 is 4.74 Å². The van der Waals surface area contributed by atoms with Crippen LogP contribution in [0.1, 0.15) is 38.1 Å². The van der Waals surface area contributed by atoms with Gasteiger partial charge in [-0.05, 0) is 42.1 Å². The standard InChI is InChI=1S/C13H25BrN4O/c1-5-11-13(14)12(18(3)17-11)8-10(16-15)7-6-9(2)19-4/h9-10,16H,5-8,15H2,1-4H3. The second-order valence-electron chi connectivity index (χ2n) is 4.88. The van der Waals surface area contributed by atoms with Crippen molar-refractivity contribution in [3.8, 4) is 0 Å². The minimum Gasteiger partial charge on any atom is -0.382 e. The third kappa shape index (κ3) is 4.56. The van der Waals surface area contributed by atoms with Crippen molar-refractivity contribution < 1.29 is 4.74 Å². The van der Waals surface area contributed by atoms with Crippen molar-refractivity contribution in [3.05, 3.63) is 15.9 Å². The van der Waals surface area contributed by atoms with Crippen LogP contribution in [-0.4, -0.2) is 29.0 Å². The Kier molecular flexibility index (Phi) is 6.99. The van der Waals surface area contributed by atoms with Gasteiger partial charge in [-0.25, -0.2) is 0 Å². The van der Waals surface area contributed by atoms with Crippen molar-refractivity contribution >= 4 is 15.9 Å². The Morgan fingerprint density at radius 1 is 1.47 bits per heavy atom. The summed E-state index contributed by atoms with van der Waals surface area (Å²) < 4.78 is 8.32. The summed E-state index contributed by atoms with van der Waals surface area (Å²) in [6.45, 7) is 4.18. The van der Waals surface area contributed by atoms with Crippen LogP contribution in [-0.2, 0) is 24.6 Å². The molecule has 0 saturated carbocycles. The van der Waals surface area contributed by atoms with E-state index in [0.29, 0.717) is 0 Å². The maximum Gasteiger partial charge on any atom is 0.0766 e. The summed E-state index contributed by atoms with van der Waals surface area (Å²) in [5, 5.41) is 4.50. The minimum absolute atomic E-state index is 0.231. The Morgan fingerprint density at radius 3 is 2.63 bits per heavy atom. The number of halogens is 1. The molecule has 2 unspecified atom stereocenters. The smallest absolute Gasteiger partial charge is 0.0766 e. The van der Waals surface area contributed by atoms with Crippen LogP contribution in [0.25, 0.3) is 0 Å². The van der Waals surface area contributed by atoms with Gasteiger partial charge in [0.2, 0.25) is 0 Å². The lowest BCUT2D eigenvalue weighted by Gasteiger charge is -2.18. The monoisotopic (exact) mass is 332 g/mol. The highest BCUT2D eigenvalue weighted by atomic mass is 79.9. The molecule has 1 heterocycles. The van der Waals surface area contributed by atoms with E-state index in [1.165, 1.54) is 5.69 Å². The van der Waals surface area contributed by atoms with E-state index in [9.17, 15) is 0 Å². The number of rotatable bonds is 8. The first-order chi connectivity index (χ1) is 9.03. The fraction of sp³-hybridized carbons (Fsp3) is 0.769. The van der Waals surface area contributed by atoms with Gasteiger partial charge in [-0.15, -0.1) is 0 Å². The fourth-order valence-corrected chi connectivity index (χ4v) is 2.85. The normalized spacial score (nSPS) is 14.6. The van der Waals surface area contributed by atoms with E-state index in [0.717, 1.165) is 35.8 Å². The van der Waals surface area contributed by atoms with Crippen molar-refractivity contribution in [1.82, 2.24) is 15.2 Å². The van der Waals surface area contributed by atoms with E-state index in [1.807, 2.05) is 11.7 Å². The van der Waals surface area contributed by atoms with Gasteiger partial charge >= 0.3 is 0 Å². The predicted octanol–water partition coefficient (Wildman–Crippen LogP) is 1.93. The molecule has 0 bridgehead atoms. The quantitative estimate of drug-likeness (QED) is 0.564. The van der Waals surface area contributed by atoms with Crippen molar-refractivity contribution in [2.75, 3.05) is 7.11 Å². The molecule has 1 rings (SSSR count). The van der Waals surface area contributed by atoms with Gasteiger partial charge in [0.15, 0.2) is 0 Å². The van der Waals surface area contributed by atoms with Gasteiger partial charge in [-0.1, -0.05) is 6.92 Å². The van der Waals surface area contributed by atoms with E-state index < -0.39 is 0 Å². The molecule has 5 nitrogen and oxygen atoms in total. The van der Waals surface area contributed by atoms with Crippen LogP contribution in [0.4, 0.5) is 0 Å². The molecule has 0 spiro atoms. The van der Waals surface area contributed by atoms with Gasteiger partial charge in [-0.2, -0.15) is 5.10 Å². The Labute approximate surface area is 124 Å². The van der Waals surface area contributed by atoms with Gasteiger partial charge in [0.25, 0.3) is 0 Å². The third-order valence-electron chi connectivity index (χ3n) is 3.50. The van der Waals surface area contributed by atoms with E-state index in [2.05, 4.69) is 40.3 Å². The molecule has 0 aliphatic carbocycles. The van der Waals surface area contributed by atoms with Gasteiger partial charge in [0, 0.05) is 26.6 Å². The molecule has 2 atom stereocenters. The second kappa shape index (κ2) is 7.99. The Morgan fingerprint density at radius 2 is 2.16 bits per heavy atom. The fourth-order valence-electron chi connectivity index (χ4n) is 2.07. The topological polar surface area (TPSA) is 65.1 Å². The predicted molar refractivity (Wildman–Crippen MR) is 80.8 cm³/mol. The number of aromatic nitrogens is 2. The molecule has 1 aromatic heterocycles. The summed E-state index contributed by atoms with van der Waals surface area (Å²) in [6, 6.07) is 0.231. The molecule has 0 aliphatic heterocycles. The molecule has 0 saturated heterocycles. The zero-order valence-corrected chi connectivity index (χ0v) is 13.8. The van der Waals surface area contributed by atoms with Gasteiger partial charge in [0.05, 0.1) is 22.0 Å². The van der Waals surface area contributed by atoms with E-state index in [1.54, 1.807) is 7.11 Å². The number of nitrogens with zero attached hydrogens (tertiary/aromatic N) is 2. The zero-order chi connectivity index (χ0) is 14.4. The molecule has 1 aromatic rings. The van der Waals surface area contributed by atoms with Crippen LogP contribution >= 0.6 is 15.9 Å². The molecule has 19 heavy (non-hydrogen) atoms. The van der Waals surface area contributed by atoms with E-state index >= 15 is 0 Å². The SMILES string of the molecule is CCc1nn(C)c(CC(CCC(C)OC)NN)c1Br. The lowest BCUT2D eigenvalue weighted by molar-refractivity contribution is 0.106. The maximum atomic E-state index is 5.65. The van der Waals surface area contributed by atoms with Gasteiger partial charge in [0.1, 0.15) is 0 Å². The summed E-state index contributed by atoms with van der Waals surface area (Å²) in [5.74, 6) is 5.65. The summed E-state index contributed by atoms with van der Waals surface area (Å²) in [6.07, 6.45) is 4.01. The average molecular weight is 333 g/mol. The first-order valence-electron chi connectivity index (χ1n) is 6.72. The molecule has 0 aromatic carbocycles. The van der Waals surface area contributed by atoms with Crippen molar-refractivity contribution in [3.63, 3.8) is 0 Å². The third-order valence-corrected chi connectivity index (χ3v) is 4.42. The number of methoxy groups -OCH3 is 1. The van der Waals surface area contributed by atoms with Crippen LogP contribution < -0.4 is 11.3 Å². The first kappa shape index (κ1) is 16.6. The lowest BCUT2D eigenvalue weighted by atomic mass is 10.0. The minimum atomic E-state index is 0.231. The van der Waals surface area contributed by atoms with Crippen molar-refractivity contribution in [1.29, 1.82) is 0 Å². The first-order valence-corrected chi connectivity index (χ1v) is 7.51. The molecule has 6 heteroatoms. The molecule has 0 fully saturated rings. The number of hydrogen-bond donors (Lipinski definition) is 2. The van der Waals surface area contributed by atoms with Crippen LogP contribution in [0, 0.1) is 0 Å². The number of ether oxygens (including phenoxy) is 1. The summed E-state index contributed by atoms with van der Waals surface area (Å²) in [7, 11) is 3.71. The van der Waals surface area contributed by atoms with Crippen LogP contribution in [0.3, 0.4) is 0 Å². The molecule has 0 amide bonds. The number of hydrogen-bond acceptors (Lipinski definition) is 4. The lowest BCUT2D eigenvalue weighted by Crippen LogP contribution is -2.37.